The summed E-state index contributed by atoms with van der Waals surface area (Å²) in [6.07, 6.45) is 0.822. The summed E-state index contributed by atoms with van der Waals surface area (Å²) in [4.78, 5) is 0. The van der Waals surface area contributed by atoms with Gasteiger partial charge in [0.25, 0.3) is 10.1 Å². The molecule has 0 aliphatic carbocycles. The van der Waals surface area contributed by atoms with Crippen molar-refractivity contribution in [2.45, 2.75) is 44.1 Å². The molecule has 0 rings (SSSR count). The Kier molecular flexibility index (Phi) is 13.0. The molecular formula is C13H28O8S. The lowest BCUT2D eigenvalue weighted by Gasteiger charge is -2.25. The van der Waals surface area contributed by atoms with Crippen LogP contribution in [0.2, 0.25) is 0 Å². The SMILES string of the molecule is CCCOC(CCOCCCO)C(OCCCO)S(=O)(=O)O. The number of hydrogen-bond acceptors (Lipinski definition) is 7. The molecule has 0 aliphatic heterocycles. The van der Waals surface area contributed by atoms with Crippen LogP contribution < -0.4 is 0 Å². The van der Waals surface area contributed by atoms with Gasteiger partial charge in [-0.05, 0) is 19.3 Å². The Morgan fingerprint density at radius 3 is 2.14 bits per heavy atom. The van der Waals surface area contributed by atoms with Crippen molar-refractivity contribution in [2.75, 3.05) is 39.6 Å². The maximum Gasteiger partial charge on any atom is 0.294 e. The molecule has 3 N–H and O–H groups in total. The van der Waals surface area contributed by atoms with Crippen molar-refractivity contribution in [1.29, 1.82) is 0 Å². The Hall–Kier alpha value is -0.290. The predicted molar refractivity (Wildman–Crippen MR) is 80.2 cm³/mol. The maximum atomic E-state index is 11.5. The molecule has 0 aromatic carbocycles. The van der Waals surface area contributed by atoms with E-state index in [2.05, 4.69) is 0 Å². The summed E-state index contributed by atoms with van der Waals surface area (Å²) >= 11 is 0. The molecule has 8 nitrogen and oxygen atoms in total. The van der Waals surface area contributed by atoms with Crippen molar-refractivity contribution in [3.8, 4) is 0 Å². The molecule has 0 amide bonds. The van der Waals surface area contributed by atoms with Crippen LogP contribution in [0.25, 0.3) is 0 Å². The number of rotatable bonds is 15. The first kappa shape index (κ1) is 21.7. The zero-order valence-electron chi connectivity index (χ0n) is 13.0. The highest BCUT2D eigenvalue weighted by Crippen LogP contribution is 2.15. The lowest BCUT2D eigenvalue weighted by molar-refractivity contribution is -0.0560. The average Bonchev–Trinajstić information content (AvgIpc) is 2.46. The van der Waals surface area contributed by atoms with Crippen LogP contribution >= 0.6 is 0 Å². The van der Waals surface area contributed by atoms with E-state index in [4.69, 9.17) is 24.4 Å². The standard InChI is InChI=1S/C13H28O8S/c1-2-8-20-12(5-11-19-9-3-6-14)13(22(16,17)18)21-10-4-7-15/h12-15H,2-11H2,1H3,(H,16,17,18). The van der Waals surface area contributed by atoms with Gasteiger partial charge in [-0.25, -0.2) is 0 Å². The van der Waals surface area contributed by atoms with E-state index in [-0.39, 0.29) is 39.3 Å². The monoisotopic (exact) mass is 344 g/mol. The first-order valence-corrected chi connectivity index (χ1v) is 8.96. The summed E-state index contributed by atoms with van der Waals surface area (Å²) in [6, 6.07) is 0. The second-order valence-corrected chi connectivity index (χ2v) is 6.21. The van der Waals surface area contributed by atoms with Gasteiger partial charge in [0.1, 0.15) is 6.10 Å². The van der Waals surface area contributed by atoms with E-state index in [0.717, 1.165) is 0 Å². The second kappa shape index (κ2) is 13.2. The molecule has 134 valence electrons. The van der Waals surface area contributed by atoms with Gasteiger partial charge in [-0.15, -0.1) is 0 Å². The summed E-state index contributed by atoms with van der Waals surface area (Å²) in [7, 11) is -4.45. The van der Waals surface area contributed by atoms with Crippen LogP contribution in [-0.2, 0) is 24.3 Å². The third kappa shape index (κ3) is 10.4. The Morgan fingerprint density at radius 2 is 1.59 bits per heavy atom. The average molecular weight is 344 g/mol. The zero-order valence-corrected chi connectivity index (χ0v) is 13.8. The Balaban J connectivity index is 4.59. The Labute approximate surface area is 132 Å². The molecule has 2 atom stereocenters. The molecule has 0 saturated heterocycles. The van der Waals surface area contributed by atoms with E-state index in [9.17, 15) is 13.0 Å². The fourth-order valence-corrected chi connectivity index (χ4v) is 2.55. The van der Waals surface area contributed by atoms with E-state index in [1.807, 2.05) is 6.92 Å². The minimum absolute atomic E-state index is 0.00168. The van der Waals surface area contributed by atoms with Crippen LogP contribution in [0.3, 0.4) is 0 Å². The van der Waals surface area contributed by atoms with Crippen molar-refractivity contribution >= 4 is 10.1 Å². The Bertz CT molecular complexity index is 346. The van der Waals surface area contributed by atoms with Gasteiger partial charge in [0, 0.05) is 39.5 Å². The van der Waals surface area contributed by atoms with Gasteiger partial charge in [-0.3, -0.25) is 4.55 Å². The minimum Gasteiger partial charge on any atom is -0.396 e. The predicted octanol–water partition coefficient (Wildman–Crippen LogP) is 0.184. The van der Waals surface area contributed by atoms with Crippen LogP contribution in [0.4, 0.5) is 0 Å². The summed E-state index contributed by atoms with van der Waals surface area (Å²) < 4.78 is 48.2. The summed E-state index contributed by atoms with van der Waals surface area (Å²) in [5.74, 6) is 0. The van der Waals surface area contributed by atoms with Gasteiger partial charge in [-0.2, -0.15) is 8.42 Å². The molecule has 0 saturated carbocycles. The first-order chi connectivity index (χ1) is 10.5. The van der Waals surface area contributed by atoms with Crippen molar-refractivity contribution in [3.05, 3.63) is 0 Å². The zero-order chi connectivity index (χ0) is 16.8. The number of aliphatic hydroxyl groups excluding tert-OH is 2. The smallest absolute Gasteiger partial charge is 0.294 e. The van der Waals surface area contributed by atoms with Gasteiger partial charge in [-0.1, -0.05) is 6.92 Å². The lowest BCUT2D eigenvalue weighted by atomic mass is 10.2. The second-order valence-electron chi connectivity index (χ2n) is 4.72. The van der Waals surface area contributed by atoms with Crippen molar-refractivity contribution in [3.63, 3.8) is 0 Å². The van der Waals surface area contributed by atoms with Gasteiger partial charge in [0.2, 0.25) is 5.44 Å². The maximum absolute atomic E-state index is 11.5. The van der Waals surface area contributed by atoms with E-state index >= 15 is 0 Å². The number of aliphatic hydroxyl groups is 2. The van der Waals surface area contributed by atoms with Gasteiger partial charge in [0.15, 0.2) is 0 Å². The minimum atomic E-state index is -4.45. The van der Waals surface area contributed by atoms with Crippen LogP contribution in [-0.4, -0.2) is 74.4 Å². The van der Waals surface area contributed by atoms with E-state index in [1.54, 1.807) is 0 Å². The van der Waals surface area contributed by atoms with Gasteiger partial charge >= 0.3 is 0 Å². The highest BCUT2D eigenvalue weighted by Gasteiger charge is 2.33. The lowest BCUT2D eigenvalue weighted by Crippen LogP contribution is -2.39. The third-order valence-electron chi connectivity index (χ3n) is 2.71. The van der Waals surface area contributed by atoms with Gasteiger partial charge < -0.3 is 24.4 Å². The van der Waals surface area contributed by atoms with Crippen molar-refractivity contribution in [1.82, 2.24) is 0 Å². The molecule has 0 heterocycles. The van der Waals surface area contributed by atoms with Crippen LogP contribution in [0.5, 0.6) is 0 Å². The molecule has 0 aromatic heterocycles. The third-order valence-corrected chi connectivity index (χ3v) is 3.74. The molecule has 0 bridgehead atoms. The molecule has 2 unspecified atom stereocenters. The fraction of sp³-hybridized carbons (Fsp3) is 1.00. The molecule has 22 heavy (non-hydrogen) atoms. The first-order valence-electron chi connectivity index (χ1n) is 7.46. The quantitative estimate of drug-likeness (QED) is 0.284. The highest BCUT2D eigenvalue weighted by molar-refractivity contribution is 7.86. The Morgan fingerprint density at radius 1 is 0.955 bits per heavy atom. The topological polar surface area (TPSA) is 123 Å². The molecule has 0 fully saturated rings. The summed E-state index contributed by atoms with van der Waals surface area (Å²) in [5.41, 5.74) is -1.51. The number of ether oxygens (including phenoxy) is 3. The molecule has 0 aromatic rings. The molecule has 9 heteroatoms. The van der Waals surface area contributed by atoms with Crippen molar-refractivity contribution < 1.29 is 37.4 Å². The van der Waals surface area contributed by atoms with E-state index in [1.165, 1.54) is 0 Å². The van der Waals surface area contributed by atoms with Crippen LogP contribution in [0.15, 0.2) is 0 Å². The summed E-state index contributed by atoms with van der Waals surface area (Å²) in [5, 5.41) is 17.4. The van der Waals surface area contributed by atoms with Crippen LogP contribution in [0.1, 0.15) is 32.6 Å². The van der Waals surface area contributed by atoms with E-state index in [0.29, 0.717) is 26.1 Å². The molecule has 0 spiro atoms. The fourth-order valence-electron chi connectivity index (χ4n) is 1.68. The highest BCUT2D eigenvalue weighted by atomic mass is 32.2. The largest absolute Gasteiger partial charge is 0.396 e. The normalized spacial score (nSPS) is 14.9. The molecular weight excluding hydrogens is 316 g/mol. The molecule has 0 aliphatic rings. The van der Waals surface area contributed by atoms with Gasteiger partial charge in [0.05, 0.1) is 6.61 Å². The van der Waals surface area contributed by atoms with Crippen LogP contribution in [0, 0.1) is 0 Å². The molecule has 0 radical (unpaired) electrons. The summed E-state index contributed by atoms with van der Waals surface area (Å²) in [6.45, 7) is 2.68. The number of hydrogen-bond donors (Lipinski definition) is 3. The van der Waals surface area contributed by atoms with E-state index < -0.39 is 21.7 Å². The van der Waals surface area contributed by atoms with Crippen molar-refractivity contribution in [2.24, 2.45) is 0 Å².